The molecule has 2 aromatic heterocycles. The number of nitrogens with zero attached hydrogens (tertiary/aromatic N) is 6. The number of nitrogens with one attached hydrogen (secondary N) is 1. The summed E-state index contributed by atoms with van der Waals surface area (Å²) in [6.45, 7) is 4.97. The molecule has 0 saturated carbocycles. The number of fused-ring (bicyclic) bond motifs is 2. The topological polar surface area (TPSA) is 62.1 Å². The second-order valence-electron chi connectivity index (χ2n) is 9.49. The summed E-state index contributed by atoms with van der Waals surface area (Å²) in [5.41, 5.74) is 2.80. The second-order valence-corrected chi connectivity index (χ2v) is 9.49. The maximum absolute atomic E-state index is 13.1. The van der Waals surface area contributed by atoms with Gasteiger partial charge in [-0.15, -0.1) is 0 Å². The van der Waals surface area contributed by atoms with E-state index in [4.69, 9.17) is 0 Å². The third-order valence-corrected chi connectivity index (χ3v) is 7.13. The Kier molecular flexibility index (Phi) is 5.55. The van der Waals surface area contributed by atoms with Crippen molar-refractivity contribution >= 4 is 22.7 Å². The van der Waals surface area contributed by atoms with E-state index < -0.39 is 17.8 Å². The van der Waals surface area contributed by atoms with Gasteiger partial charge in [-0.3, -0.25) is 9.47 Å². The Labute approximate surface area is 206 Å². The van der Waals surface area contributed by atoms with Crippen LogP contribution in [0.1, 0.15) is 36.9 Å². The molecule has 6 rings (SSSR count). The molecule has 1 N–H and O–H groups in total. The van der Waals surface area contributed by atoms with Gasteiger partial charge in [-0.05, 0) is 61.7 Å². The molecule has 2 aliphatic heterocycles. The van der Waals surface area contributed by atoms with Crippen molar-refractivity contribution in [3.63, 3.8) is 0 Å². The maximum atomic E-state index is 13.1. The summed E-state index contributed by atoms with van der Waals surface area (Å²) in [5, 5.41) is 3.12. The number of halogens is 3. The number of rotatable bonds is 5. The van der Waals surface area contributed by atoms with Gasteiger partial charge in [0.25, 0.3) is 0 Å². The number of benzene rings is 2. The minimum Gasteiger partial charge on any atom is -0.357 e. The SMILES string of the molecule is C[C@H](Nc1nccc(-n2cnc3cc(N4CC5CCCN5C4)ccc32)n1)c1cccc(C(F)(F)F)c1. The molecule has 4 heterocycles. The molecule has 2 fully saturated rings. The Morgan fingerprint density at radius 2 is 1.97 bits per heavy atom. The van der Waals surface area contributed by atoms with Gasteiger partial charge in [0.2, 0.25) is 5.95 Å². The molecule has 2 atom stereocenters. The van der Waals surface area contributed by atoms with Crippen LogP contribution in [0.5, 0.6) is 0 Å². The van der Waals surface area contributed by atoms with Crippen molar-refractivity contribution in [1.29, 1.82) is 0 Å². The van der Waals surface area contributed by atoms with E-state index in [-0.39, 0.29) is 0 Å². The van der Waals surface area contributed by atoms with Crippen LogP contribution in [0.3, 0.4) is 0 Å². The fraction of sp³-hybridized carbons (Fsp3) is 0.346. The molecule has 0 bridgehead atoms. The summed E-state index contributed by atoms with van der Waals surface area (Å²) >= 11 is 0. The van der Waals surface area contributed by atoms with Gasteiger partial charge in [0.1, 0.15) is 12.1 Å². The number of hydrogen-bond donors (Lipinski definition) is 1. The fourth-order valence-corrected chi connectivity index (χ4v) is 5.20. The van der Waals surface area contributed by atoms with Gasteiger partial charge in [-0.2, -0.15) is 18.2 Å². The zero-order valence-corrected chi connectivity index (χ0v) is 19.8. The zero-order valence-electron chi connectivity index (χ0n) is 19.8. The van der Waals surface area contributed by atoms with Crippen LogP contribution in [0.15, 0.2) is 61.1 Å². The summed E-state index contributed by atoms with van der Waals surface area (Å²) in [6.07, 6.45) is 1.53. The molecule has 1 unspecified atom stereocenters. The molecule has 186 valence electrons. The van der Waals surface area contributed by atoms with Crippen LogP contribution in [0.2, 0.25) is 0 Å². The molecule has 2 saturated heterocycles. The van der Waals surface area contributed by atoms with Crippen LogP contribution < -0.4 is 10.2 Å². The molecule has 4 aromatic rings. The largest absolute Gasteiger partial charge is 0.416 e. The molecule has 10 heteroatoms. The molecule has 0 radical (unpaired) electrons. The Morgan fingerprint density at radius 1 is 1.08 bits per heavy atom. The van der Waals surface area contributed by atoms with Gasteiger partial charge in [0.15, 0.2) is 0 Å². The quantitative estimate of drug-likeness (QED) is 0.410. The summed E-state index contributed by atoms with van der Waals surface area (Å²) in [7, 11) is 0. The molecule has 0 amide bonds. The number of hydrogen-bond acceptors (Lipinski definition) is 6. The molecule has 2 aliphatic rings. The maximum Gasteiger partial charge on any atom is 0.416 e. The van der Waals surface area contributed by atoms with E-state index in [0.29, 0.717) is 23.4 Å². The number of aromatic nitrogens is 4. The third kappa shape index (κ3) is 4.26. The molecule has 2 aromatic carbocycles. The molecular formula is C26H26F3N7. The van der Waals surface area contributed by atoms with Gasteiger partial charge in [-0.25, -0.2) is 9.97 Å². The lowest BCUT2D eigenvalue weighted by Gasteiger charge is -2.19. The van der Waals surface area contributed by atoms with Crippen molar-refractivity contribution in [2.75, 3.05) is 30.0 Å². The van der Waals surface area contributed by atoms with Gasteiger partial charge < -0.3 is 10.2 Å². The van der Waals surface area contributed by atoms with Crippen LogP contribution >= 0.6 is 0 Å². The van der Waals surface area contributed by atoms with Gasteiger partial charge in [0.05, 0.1) is 29.3 Å². The van der Waals surface area contributed by atoms with E-state index in [1.807, 2.05) is 4.57 Å². The smallest absolute Gasteiger partial charge is 0.357 e. The molecular weight excluding hydrogens is 467 g/mol. The summed E-state index contributed by atoms with van der Waals surface area (Å²) < 4.78 is 41.2. The van der Waals surface area contributed by atoms with Crippen molar-refractivity contribution in [2.45, 2.75) is 38.0 Å². The molecule has 0 aliphatic carbocycles. The highest BCUT2D eigenvalue weighted by Crippen LogP contribution is 2.32. The molecule has 36 heavy (non-hydrogen) atoms. The van der Waals surface area contributed by atoms with Crippen molar-refractivity contribution in [3.05, 3.63) is 72.2 Å². The Hall–Kier alpha value is -3.66. The van der Waals surface area contributed by atoms with Crippen LogP contribution in [-0.4, -0.2) is 50.2 Å². The number of anilines is 2. The Morgan fingerprint density at radius 3 is 2.81 bits per heavy atom. The minimum absolute atomic E-state index is 0.327. The van der Waals surface area contributed by atoms with Gasteiger partial charge >= 0.3 is 6.18 Å². The van der Waals surface area contributed by atoms with E-state index in [2.05, 4.69) is 48.3 Å². The normalized spacial score (nSPS) is 19.1. The third-order valence-electron chi connectivity index (χ3n) is 7.13. The zero-order chi connectivity index (χ0) is 24.9. The summed E-state index contributed by atoms with van der Waals surface area (Å²) in [5.74, 6) is 0.953. The Bertz CT molecular complexity index is 1390. The Balaban J connectivity index is 1.22. The highest BCUT2D eigenvalue weighted by atomic mass is 19.4. The van der Waals surface area contributed by atoms with E-state index >= 15 is 0 Å². The van der Waals surface area contributed by atoms with E-state index in [9.17, 15) is 13.2 Å². The predicted octanol–water partition coefficient (Wildman–Crippen LogP) is 5.25. The van der Waals surface area contributed by atoms with Crippen molar-refractivity contribution in [2.24, 2.45) is 0 Å². The lowest BCUT2D eigenvalue weighted by atomic mass is 10.1. The number of imidazole rings is 1. The van der Waals surface area contributed by atoms with Crippen LogP contribution in [-0.2, 0) is 6.18 Å². The highest BCUT2D eigenvalue weighted by Gasteiger charge is 2.34. The first-order chi connectivity index (χ1) is 17.3. The predicted molar refractivity (Wildman–Crippen MR) is 132 cm³/mol. The fourth-order valence-electron chi connectivity index (χ4n) is 5.20. The number of alkyl halides is 3. The standard InChI is InChI=1S/C26H26F3N7/c1-17(18-4-2-5-19(12-18)26(27,28)29)32-25-30-10-9-24(33-25)36-15-31-22-13-20(7-8-23(22)36)35-14-21-6-3-11-34(21)16-35/h2,4-5,7-10,12-13,15,17,21H,3,6,11,14,16H2,1H3,(H,30,32,33)/t17-,21?/m0/s1. The molecule has 0 spiro atoms. The highest BCUT2D eigenvalue weighted by molar-refractivity contribution is 5.81. The van der Waals surface area contributed by atoms with Gasteiger partial charge in [0, 0.05) is 31.0 Å². The summed E-state index contributed by atoms with van der Waals surface area (Å²) in [4.78, 5) is 18.4. The van der Waals surface area contributed by atoms with E-state index in [1.165, 1.54) is 31.1 Å². The monoisotopic (exact) mass is 493 g/mol. The average Bonchev–Trinajstić information content (AvgIpc) is 3.58. The van der Waals surface area contributed by atoms with Crippen molar-refractivity contribution < 1.29 is 13.2 Å². The first-order valence-corrected chi connectivity index (χ1v) is 12.1. The van der Waals surface area contributed by atoms with Crippen LogP contribution in [0, 0.1) is 0 Å². The van der Waals surface area contributed by atoms with Crippen LogP contribution in [0.25, 0.3) is 16.9 Å². The first kappa shape index (κ1) is 22.8. The lowest BCUT2D eigenvalue weighted by Crippen LogP contribution is -2.25. The molecule has 7 nitrogen and oxygen atoms in total. The second kappa shape index (κ2) is 8.77. The van der Waals surface area contributed by atoms with Gasteiger partial charge in [-0.1, -0.05) is 12.1 Å². The first-order valence-electron chi connectivity index (χ1n) is 12.1. The lowest BCUT2D eigenvalue weighted by molar-refractivity contribution is -0.137. The van der Waals surface area contributed by atoms with E-state index in [0.717, 1.165) is 36.4 Å². The van der Waals surface area contributed by atoms with E-state index in [1.54, 1.807) is 31.6 Å². The van der Waals surface area contributed by atoms with Crippen LogP contribution in [0.4, 0.5) is 24.8 Å². The minimum atomic E-state index is -4.39. The van der Waals surface area contributed by atoms with Crippen molar-refractivity contribution in [3.8, 4) is 5.82 Å². The van der Waals surface area contributed by atoms with Crippen molar-refractivity contribution in [1.82, 2.24) is 24.4 Å². The summed E-state index contributed by atoms with van der Waals surface area (Å²) in [6, 6.07) is 13.6. The average molecular weight is 494 g/mol.